The summed E-state index contributed by atoms with van der Waals surface area (Å²) in [6.45, 7) is 16.6. The highest BCUT2D eigenvalue weighted by Gasteiger charge is 2.27. The molecule has 2 aliphatic carbocycles. The minimum absolute atomic E-state index is 0.695. The fraction of sp³-hybridized carbons (Fsp3) is 0.391. The molecular weight excluding hydrogens is 653 g/mol. The third-order valence-corrected chi connectivity index (χ3v) is 10.8. The van der Waals surface area contributed by atoms with E-state index in [4.69, 9.17) is 14.9 Å². The van der Waals surface area contributed by atoms with Gasteiger partial charge in [-0.25, -0.2) is 0 Å². The minimum Gasteiger partial charge on any atom is -0.383 e. The number of rotatable bonds is 11. The third kappa shape index (κ3) is 8.06. The lowest BCUT2D eigenvalue weighted by Gasteiger charge is -2.25. The Morgan fingerprint density at radius 1 is 0.566 bits per heavy atom. The number of benzene rings is 4. The van der Waals surface area contributed by atoms with Crippen LogP contribution in [0, 0.1) is 53.4 Å². The van der Waals surface area contributed by atoms with Gasteiger partial charge in [-0.2, -0.15) is 0 Å². The van der Waals surface area contributed by atoms with Crippen LogP contribution in [-0.4, -0.2) is 60.8 Å². The van der Waals surface area contributed by atoms with E-state index in [-0.39, 0.29) is 0 Å². The molecule has 6 aromatic rings. The number of aromatic nitrogens is 4. The topological polar surface area (TPSA) is 67.3 Å². The van der Waals surface area contributed by atoms with Crippen LogP contribution in [0.4, 0.5) is 11.6 Å². The normalized spacial score (nSPS) is 14.0. The van der Waals surface area contributed by atoms with Crippen molar-refractivity contribution in [1.29, 1.82) is 0 Å². The number of hydrogen-bond donors (Lipinski definition) is 0. The van der Waals surface area contributed by atoms with Crippen molar-refractivity contribution in [3.8, 4) is 22.5 Å². The highest BCUT2D eigenvalue weighted by molar-refractivity contribution is 6.02. The summed E-state index contributed by atoms with van der Waals surface area (Å²) in [5, 5.41) is 23.5. The molecule has 7 nitrogen and oxygen atoms in total. The number of nitrogens with zero attached hydrogens (tertiary/aromatic N) is 6. The van der Waals surface area contributed by atoms with Gasteiger partial charge >= 0.3 is 0 Å². The van der Waals surface area contributed by atoms with Gasteiger partial charge in [-0.3, -0.25) is 0 Å². The predicted octanol–water partition coefficient (Wildman–Crippen LogP) is 10.2. The zero-order valence-electron chi connectivity index (χ0n) is 32.8. The number of anilines is 2. The summed E-state index contributed by atoms with van der Waals surface area (Å²) in [7, 11) is 3.89. The first-order valence-corrected chi connectivity index (χ1v) is 19.2. The van der Waals surface area contributed by atoms with Crippen molar-refractivity contribution in [1.82, 2.24) is 20.4 Å². The van der Waals surface area contributed by atoms with E-state index in [0.29, 0.717) is 6.61 Å². The molecule has 0 spiro atoms. The van der Waals surface area contributed by atoms with Crippen LogP contribution in [0.15, 0.2) is 72.8 Å². The third-order valence-electron chi connectivity index (χ3n) is 10.8. The van der Waals surface area contributed by atoms with Crippen molar-refractivity contribution in [2.24, 2.45) is 11.8 Å². The van der Waals surface area contributed by atoms with Gasteiger partial charge < -0.3 is 14.5 Å². The minimum atomic E-state index is 0.695. The molecule has 0 radical (unpaired) electrons. The van der Waals surface area contributed by atoms with Crippen LogP contribution in [0.2, 0.25) is 0 Å². The van der Waals surface area contributed by atoms with E-state index in [0.717, 1.165) is 54.5 Å². The lowest BCUT2D eigenvalue weighted by Crippen LogP contribution is -2.30. The molecule has 7 heteroatoms. The zero-order chi connectivity index (χ0) is 37.2. The zero-order valence-corrected chi connectivity index (χ0v) is 32.8. The van der Waals surface area contributed by atoms with Crippen molar-refractivity contribution < 1.29 is 4.74 Å². The fourth-order valence-corrected chi connectivity index (χ4v) is 8.04. The van der Waals surface area contributed by atoms with Crippen LogP contribution in [0.5, 0.6) is 0 Å². The summed E-state index contributed by atoms with van der Waals surface area (Å²) in [6, 6.07) is 26.0. The second-order valence-corrected chi connectivity index (χ2v) is 15.6. The molecule has 2 aliphatic rings. The molecule has 0 bridgehead atoms. The molecule has 53 heavy (non-hydrogen) atoms. The van der Waals surface area contributed by atoms with Crippen LogP contribution in [0.3, 0.4) is 0 Å². The average molecular weight is 707 g/mol. The highest BCUT2D eigenvalue weighted by atomic mass is 16.5. The van der Waals surface area contributed by atoms with E-state index in [1.165, 1.54) is 91.7 Å². The van der Waals surface area contributed by atoms with Crippen LogP contribution < -0.4 is 9.80 Å². The predicted molar refractivity (Wildman–Crippen MR) is 221 cm³/mol. The second kappa shape index (κ2) is 15.6. The van der Waals surface area contributed by atoms with Gasteiger partial charge in [0.05, 0.1) is 6.61 Å². The monoisotopic (exact) mass is 706 g/mol. The van der Waals surface area contributed by atoms with Gasteiger partial charge in [0.2, 0.25) is 0 Å². The van der Waals surface area contributed by atoms with E-state index in [1.807, 2.05) is 0 Å². The highest BCUT2D eigenvalue weighted by Crippen LogP contribution is 2.38. The van der Waals surface area contributed by atoms with E-state index >= 15 is 0 Å². The molecule has 0 N–H and O–H groups in total. The molecule has 2 fully saturated rings. The van der Waals surface area contributed by atoms with Crippen molar-refractivity contribution in [3.63, 3.8) is 0 Å². The quantitative estimate of drug-likeness (QED) is 0.133. The molecule has 2 saturated carbocycles. The van der Waals surface area contributed by atoms with E-state index in [1.54, 1.807) is 7.11 Å². The molecule has 2 heterocycles. The Balaban J connectivity index is 0.000000165. The molecule has 2 aromatic heterocycles. The summed E-state index contributed by atoms with van der Waals surface area (Å²) in [5.41, 5.74) is 12.0. The SMILES string of the molecule is COCCN(CC1CC1)c1nnc(-c2c(C)cc(C)cc2C)c2ccccc12.Cc1cc(C)c(-c2nnc(N(C)CC3CC3)c3ccccc23)c(C)c1. The van der Waals surface area contributed by atoms with Crippen molar-refractivity contribution in [2.75, 3.05) is 50.2 Å². The average Bonchev–Trinajstić information content (AvgIpc) is 4.08. The number of fused-ring (bicyclic) bond motifs is 2. The summed E-state index contributed by atoms with van der Waals surface area (Å²) in [6.07, 6.45) is 5.31. The van der Waals surface area contributed by atoms with Gasteiger partial charge in [0.15, 0.2) is 11.6 Å². The van der Waals surface area contributed by atoms with Crippen LogP contribution >= 0.6 is 0 Å². The fourth-order valence-electron chi connectivity index (χ4n) is 8.04. The second-order valence-electron chi connectivity index (χ2n) is 15.6. The van der Waals surface area contributed by atoms with Crippen molar-refractivity contribution in [2.45, 2.75) is 67.2 Å². The van der Waals surface area contributed by atoms with Crippen LogP contribution in [0.25, 0.3) is 44.1 Å². The maximum absolute atomic E-state index is 5.35. The Morgan fingerprint density at radius 3 is 1.43 bits per heavy atom. The molecule has 0 aliphatic heterocycles. The number of hydrogen-bond acceptors (Lipinski definition) is 7. The first-order chi connectivity index (χ1) is 25.6. The first kappa shape index (κ1) is 36.5. The maximum atomic E-state index is 5.35. The Hall–Kier alpha value is -4.88. The Morgan fingerprint density at radius 2 is 0.981 bits per heavy atom. The van der Waals surface area contributed by atoms with Crippen molar-refractivity contribution >= 4 is 33.2 Å². The van der Waals surface area contributed by atoms with Crippen LogP contribution in [0.1, 0.15) is 59.1 Å². The molecule has 0 amide bonds. The summed E-state index contributed by atoms with van der Waals surface area (Å²) >= 11 is 0. The van der Waals surface area contributed by atoms with E-state index in [9.17, 15) is 0 Å². The lowest BCUT2D eigenvalue weighted by molar-refractivity contribution is 0.205. The van der Waals surface area contributed by atoms with Gasteiger partial charge in [0, 0.05) is 66.5 Å². The Kier molecular flexibility index (Phi) is 10.7. The number of aryl methyl sites for hydroxylation is 6. The largest absolute Gasteiger partial charge is 0.383 e. The Labute approximate surface area is 315 Å². The van der Waals surface area contributed by atoms with Gasteiger partial charge in [0.1, 0.15) is 11.4 Å². The molecule has 0 unspecified atom stereocenters. The van der Waals surface area contributed by atoms with Crippen LogP contribution in [-0.2, 0) is 4.74 Å². The summed E-state index contributed by atoms with van der Waals surface area (Å²) in [4.78, 5) is 4.63. The molecule has 8 rings (SSSR count). The van der Waals surface area contributed by atoms with E-state index < -0.39 is 0 Å². The molecule has 0 saturated heterocycles. The van der Waals surface area contributed by atoms with Gasteiger partial charge in [0.25, 0.3) is 0 Å². The molecule has 0 atom stereocenters. The van der Waals surface area contributed by atoms with Gasteiger partial charge in [-0.05, 0) is 101 Å². The maximum Gasteiger partial charge on any atom is 0.159 e. The van der Waals surface area contributed by atoms with E-state index in [2.05, 4.69) is 141 Å². The number of ether oxygens (including phenoxy) is 1. The smallest absolute Gasteiger partial charge is 0.159 e. The standard InChI is InChI=1S/C24H29N3O.C22H25N3/c1-16-13-17(2)22(18(3)14-16)23-20-7-5-6-8-21(20)24(26-25-23)27(11-12-28-4)15-19-9-10-19;1-14-11-15(2)20(16(3)12-14)21-18-7-5-6-8-19(18)22(24-23-21)25(4)13-17-9-10-17/h5-8,13-14,19H,9-12,15H2,1-4H3;5-8,11-12,17H,9-10,13H2,1-4H3. The van der Waals surface area contributed by atoms with Gasteiger partial charge in [-0.15, -0.1) is 20.4 Å². The Bertz CT molecular complexity index is 2210. The van der Waals surface area contributed by atoms with Crippen molar-refractivity contribution in [3.05, 3.63) is 106 Å². The molecular formula is C46H54N6O. The summed E-state index contributed by atoms with van der Waals surface area (Å²) < 4.78 is 5.35. The first-order valence-electron chi connectivity index (χ1n) is 19.2. The summed E-state index contributed by atoms with van der Waals surface area (Å²) in [5.74, 6) is 3.57. The molecule has 274 valence electrons. The molecule has 4 aromatic carbocycles. The lowest BCUT2D eigenvalue weighted by atomic mass is 9.94. The number of methoxy groups -OCH3 is 1. The van der Waals surface area contributed by atoms with Gasteiger partial charge in [-0.1, -0.05) is 83.9 Å².